The number of hydrogen-bond acceptors (Lipinski definition) is 6. The molecule has 4 rings (SSSR count). The summed E-state index contributed by atoms with van der Waals surface area (Å²) in [7, 11) is 0. The number of amidine groups is 1. The summed E-state index contributed by atoms with van der Waals surface area (Å²) in [5, 5.41) is 2.87. The van der Waals surface area contributed by atoms with Gasteiger partial charge in [-0.05, 0) is 43.3 Å². The van der Waals surface area contributed by atoms with E-state index >= 15 is 0 Å². The Morgan fingerprint density at radius 3 is 2.52 bits per heavy atom. The standard InChI is InChI=1S/C19H17F3N6O/c1-10-25-13-4-2-3-5-14(13)28(10)17-15(20)16(23)26-19(24,27-17)11-6-8-12(9-7-11)29-18(21)22/h2-9,18,27H,24H2,1H3,(H2,23,26). The van der Waals surface area contributed by atoms with Gasteiger partial charge < -0.3 is 15.8 Å². The fourth-order valence-corrected chi connectivity index (χ4v) is 3.23. The molecule has 2 heterocycles. The Morgan fingerprint density at radius 1 is 1.14 bits per heavy atom. The Balaban J connectivity index is 1.77. The number of para-hydroxylation sites is 2. The number of aryl methyl sites for hydroxylation is 1. The number of fused-ring (bicyclic) bond motifs is 1. The zero-order chi connectivity index (χ0) is 20.8. The van der Waals surface area contributed by atoms with Crippen molar-refractivity contribution in [2.24, 2.45) is 16.5 Å². The van der Waals surface area contributed by atoms with Crippen LogP contribution in [-0.2, 0) is 5.79 Å². The van der Waals surface area contributed by atoms with Crippen molar-refractivity contribution in [2.45, 2.75) is 19.3 Å². The van der Waals surface area contributed by atoms with Crippen LogP contribution in [0.3, 0.4) is 0 Å². The maximum Gasteiger partial charge on any atom is 0.387 e. The fourth-order valence-electron chi connectivity index (χ4n) is 3.23. The quantitative estimate of drug-likeness (QED) is 0.623. The Bertz CT molecular complexity index is 1140. The maximum absolute atomic E-state index is 14.9. The average molecular weight is 402 g/mol. The van der Waals surface area contributed by atoms with Crippen LogP contribution >= 0.6 is 0 Å². The van der Waals surface area contributed by atoms with Gasteiger partial charge in [0.2, 0.25) is 11.6 Å². The summed E-state index contributed by atoms with van der Waals surface area (Å²) in [5.41, 5.74) is 13.9. The topological polar surface area (TPSA) is 103 Å². The Kier molecular flexibility index (Phi) is 4.42. The van der Waals surface area contributed by atoms with Crippen molar-refractivity contribution in [3.05, 3.63) is 65.7 Å². The van der Waals surface area contributed by atoms with Crippen molar-refractivity contribution in [3.8, 4) is 5.75 Å². The van der Waals surface area contributed by atoms with Crippen molar-refractivity contribution in [1.82, 2.24) is 14.9 Å². The minimum atomic E-state index is -2.95. The Morgan fingerprint density at radius 2 is 1.83 bits per heavy atom. The number of nitrogens with two attached hydrogens (primary N) is 2. The Hall–Kier alpha value is -3.53. The second-order valence-electron chi connectivity index (χ2n) is 6.44. The highest BCUT2D eigenvalue weighted by atomic mass is 19.3. The van der Waals surface area contributed by atoms with Gasteiger partial charge in [0.05, 0.1) is 11.0 Å². The molecular weight excluding hydrogens is 385 g/mol. The van der Waals surface area contributed by atoms with E-state index in [1.807, 2.05) is 6.07 Å². The van der Waals surface area contributed by atoms with Crippen LogP contribution < -0.4 is 21.5 Å². The molecule has 10 heteroatoms. The van der Waals surface area contributed by atoms with E-state index in [0.29, 0.717) is 22.4 Å². The fraction of sp³-hybridized carbons (Fsp3) is 0.158. The molecule has 1 aliphatic heterocycles. The van der Waals surface area contributed by atoms with Gasteiger partial charge in [0.25, 0.3) is 0 Å². The van der Waals surface area contributed by atoms with Gasteiger partial charge in [0, 0.05) is 5.56 Å². The van der Waals surface area contributed by atoms with Crippen LogP contribution in [0.25, 0.3) is 16.9 Å². The largest absolute Gasteiger partial charge is 0.435 e. The molecule has 3 aromatic rings. The second-order valence-corrected chi connectivity index (χ2v) is 6.44. The van der Waals surface area contributed by atoms with E-state index in [0.717, 1.165) is 0 Å². The molecule has 0 radical (unpaired) electrons. The molecule has 0 spiro atoms. The van der Waals surface area contributed by atoms with E-state index in [1.54, 1.807) is 29.7 Å². The molecule has 29 heavy (non-hydrogen) atoms. The van der Waals surface area contributed by atoms with E-state index in [2.05, 4.69) is 20.0 Å². The van der Waals surface area contributed by atoms with Gasteiger partial charge in [-0.25, -0.2) is 9.98 Å². The number of imidazole rings is 1. The Labute approximate surface area is 163 Å². The molecule has 0 bridgehead atoms. The van der Waals surface area contributed by atoms with Crippen LogP contribution in [0.1, 0.15) is 11.4 Å². The van der Waals surface area contributed by atoms with Crippen LogP contribution in [0.2, 0.25) is 0 Å². The van der Waals surface area contributed by atoms with E-state index in [4.69, 9.17) is 11.5 Å². The predicted molar refractivity (Wildman–Crippen MR) is 102 cm³/mol. The highest BCUT2D eigenvalue weighted by Crippen LogP contribution is 2.30. The number of ether oxygens (including phenoxy) is 1. The lowest BCUT2D eigenvalue weighted by Crippen LogP contribution is -2.53. The number of hydrogen-bond donors (Lipinski definition) is 3. The van der Waals surface area contributed by atoms with Gasteiger partial charge in [-0.3, -0.25) is 10.3 Å². The van der Waals surface area contributed by atoms with E-state index in [-0.39, 0.29) is 11.6 Å². The molecule has 0 fully saturated rings. The highest BCUT2D eigenvalue weighted by Gasteiger charge is 2.35. The minimum Gasteiger partial charge on any atom is -0.435 e. The zero-order valence-corrected chi connectivity index (χ0v) is 15.2. The SMILES string of the molecule is Cc1nc2ccccc2n1C1=C(F)C(N)=NC(N)(c2ccc(OC(F)F)cc2)N1. The number of rotatable bonds is 4. The van der Waals surface area contributed by atoms with Gasteiger partial charge in [-0.15, -0.1) is 0 Å². The van der Waals surface area contributed by atoms with E-state index in [1.165, 1.54) is 24.3 Å². The van der Waals surface area contributed by atoms with Crippen LogP contribution in [0.4, 0.5) is 13.2 Å². The van der Waals surface area contributed by atoms with Crippen LogP contribution in [0.5, 0.6) is 5.75 Å². The summed E-state index contributed by atoms with van der Waals surface area (Å²) in [4.78, 5) is 8.45. The summed E-state index contributed by atoms with van der Waals surface area (Å²) in [6.07, 6.45) is 0. The molecule has 2 aromatic carbocycles. The molecule has 150 valence electrons. The number of benzene rings is 2. The summed E-state index contributed by atoms with van der Waals surface area (Å²) >= 11 is 0. The van der Waals surface area contributed by atoms with Gasteiger partial charge >= 0.3 is 6.61 Å². The summed E-state index contributed by atoms with van der Waals surface area (Å²) in [5.74, 6) is -2.35. The molecular formula is C19H17F3N6O. The first kappa shape index (κ1) is 18.8. The first-order chi connectivity index (χ1) is 13.8. The van der Waals surface area contributed by atoms with Gasteiger partial charge in [-0.2, -0.15) is 13.2 Å². The molecule has 0 amide bonds. The molecule has 0 saturated carbocycles. The van der Waals surface area contributed by atoms with Crippen molar-refractivity contribution < 1.29 is 17.9 Å². The van der Waals surface area contributed by atoms with Gasteiger partial charge in [0.15, 0.2) is 11.7 Å². The molecule has 1 aromatic heterocycles. The lowest BCUT2D eigenvalue weighted by Gasteiger charge is -2.33. The average Bonchev–Trinajstić information content (AvgIpc) is 3.00. The third-order valence-corrected chi connectivity index (χ3v) is 4.51. The third kappa shape index (κ3) is 3.27. The first-order valence-corrected chi connectivity index (χ1v) is 8.61. The summed E-state index contributed by atoms with van der Waals surface area (Å²) in [6, 6.07) is 12.7. The molecule has 1 unspecified atom stereocenters. The number of aromatic nitrogens is 2. The summed E-state index contributed by atoms with van der Waals surface area (Å²) in [6.45, 7) is -1.23. The molecule has 7 nitrogen and oxygen atoms in total. The number of aliphatic imine (C=N–C) groups is 1. The number of nitrogens with one attached hydrogen (secondary N) is 1. The van der Waals surface area contributed by atoms with Crippen molar-refractivity contribution in [2.75, 3.05) is 0 Å². The van der Waals surface area contributed by atoms with Crippen LogP contribution in [-0.4, -0.2) is 22.0 Å². The van der Waals surface area contributed by atoms with Crippen LogP contribution in [0, 0.1) is 6.92 Å². The van der Waals surface area contributed by atoms with Crippen molar-refractivity contribution >= 4 is 22.7 Å². The van der Waals surface area contributed by atoms with E-state index in [9.17, 15) is 13.2 Å². The molecule has 1 atom stereocenters. The maximum atomic E-state index is 14.9. The van der Waals surface area contributed by atoms with Gasteiger partial charge in [0.1, 0.15) is 11.6 Å². The molecule has 0 saturated heterocycles. The smallest absolute Gasteiger partial charge is 0.387 e. The lowest BCUT2D eigenvalue weighted by atomic mass is 10.1. The molecule has 0 aliphatic carbocycles. The number of alkyl halides is 2. The zero-order valence-electron chi connectivity index (χ0n) is 15.2. The number of nitrogens with zero attached hydrogens (tertiary/aromatic N) is 3. The van der Waals surface area contributed by atoms with Crippen molar-refractivity contribution in [3.63, 3.8) is 0 Å². The number of halogens is 3. The molecule has 5 N–H and O–H groups in total. The summed E-state index contributed by atoms with van der Waals surface area (Å²) < 4.78 is 45.6. The minimum absolute atomic E-state index is 0.0147. The van der Waals surface area contributed by atoms with Crippen LogP contribution in [0.15, 0.2) is 59.4 Å². The lowest BCUT2D eigenvalue weighted by molar-refractivity contribution is -0.0498. The van der Waals surface area contributed by atoms with E-state index < -0.39 is 24.1 Å². The predicted octanol–water partition coefficient (Wildman–Crippen LogP) is 2.77. The monoisotopic (exact) mass is 402 g/mol. The second kappa shape index (κ2) is 6.82. The molecule has 1 aliphatic rings. The highest BCUT2D eigenvalue weighted by molar-refractivity contribution is 6.01. The normalized spacial score (nSPS) is 19.4. The van der Waals surface area contributed by atoms with Gasteiger partial charge in [-0.1, -0.05) is 12.1 Å². The third-order valence-electron chi connectivity index (χ3n) is 4.51. The first-order valence-electron chi connectivity index (χ1n) is 8.61. The van der Waals surface area contributed by atoms with Crippen molar-refractivity contribution in [1.29, 1.82) is 0 Å².